The van der Waals surface area contributed by atoms with Gasteiger partial charge >= 0.3 is 0 Å². The second-order valence-electron chi connectivity index (χ2n) is 10.8. The van der Waals surface area contributed by atoms with Crippen LogP contribution in [-0.4, -0.2) is 46.1 Å². The van der Waals surface area contributed by atoms with Crippen LogP contribution in [0.2, 0.25) is 0 Å². The maximum atomic E-state index is 14.0. The summed E-state index contributed by atoms with van der Waals surface area (Å²) in [5.41, 5.74) is 2.74. The lowest BCUT2D eigenvalue weighted by Crippen LogP contribution is -2.48. The maximum Gasteiger partial charge on any atom is 0.239 e. The largest absolute Gasteiger partial charge is 0.339 e. The van der Waals surface area contributed by atoms with Crippen LogP contribution in [0.1, 0.15) is 96.3 Å². The van der Waals surface area contributed by atoms with Gasteiger partial charge in [-0.1, -0.05) is 25.7 Å². The number of alkyl halides is 1. The Hall–Kier alpha value is -1.03. The third kappa shape index (κ3) is 4.30. The summed E-state index contributed by atoms with van der Waals surface area (Å²) in [5.74, 6) is 0.631. The van der Waals surface area contributed by atoms with Crippen LogP contribution in [0.4, 0.5) is 0 Å². The van der Waals surface area contributed by atoms with Crippen molar-refractivity contribution in [1.29, 1.82) is 0 Å². The van der Waals surface area contributed by atoms with Gasteiger partial charge in [0.25, 0.3) is 0 Å². The van der Waals surface area contributed by atoms with Gasteiger partial charge in [0, 0.05) is 30.2 Å². The molecule has 0 radical (unpaired) electrons. The van der Waals surface area contributed by atoms with Gasteiger partial charge in [-0.05, 0) is 88.0 Å². The summed E-state index contributed by atoms with van der Waals surface area (Å²) in [6, 6.07) is 0.373. The number of nitrogens with zero attached hydrogens (tertiary/aromatic N) is 2. The molecule has 172 valence electrons. The lowest BCUT2D eigenvalue weighted by molar-refractivity contribution is -0.148. The third-order valence-corrected chi connectivity index (χ3v) is 9.60. The van der Waals surface area contributed by atoms with Gasteiger partial charge in [0.1, 0.15) is 5.92 Å². The topological polar surface area (TPSA) is 40.6 Å². The molecule has 4 nitrogen and oxygen atoms in total. The summed E-state index contributed by atoms with van der Waals surface area (Å²) in [6.07, 6.45) is 16.7. The molecule has 5 unspecified atom stereocenters. The van der Waals surface area contributed by atoms with E-state index >= 15 is 0 Å². The molecule has 5 heteroatoms. The number of carbonyl (C=O) groups is 2. The molecule has 0 aromatic heterocycles. The van der Waals surface area contributed by atoms with Crippen molar-refractivity contribution < 1.29 is 9.59 Å². The molecule has 1 saturated heterocycles. The van der Waals surface area contributed by atoms with Crippen molar-refractivity contribution in [1.82, 2.24) is 9.80 Å². The van der Waals surface area contributed by atoms with Crippen molar-refractivity contribution in [2.45, 2.75) is 108 Å². The van der Waals surface area contributed by atoms with E-state index in [1.54, 1.807) is 0 Å². The van der Waals surface area contributed by atoms with Crippen LogP contribution in [0.15, 0.2) is 11.3 Å². The number of allylic oxidation sites excluding steroid dienone is 1. The van der Waals surface area contributed by atoms with E-state index in [0.717, 1.165) is 58.0 Å². The molecule has 0 N–H and O–H groups in total. The molecule has 0 bridgehead atoms. The van der Waals surface area contributed by atoms with Crippen molar-refractivity contribution >= 4 is 23.4 Å². The van der Waals surface area contributed by atoms with Crippen molar-refractivity contribution in [2.24, 2.45) is 17.8 Å². The molecule has 31 heavy (non-hydrogen) atoms. The van der Waals surface area contributed by atoms with Crippen LogP contribution in [0.3, 0.4) is 0 Å². The van der Waals surface area contributed by atoms with E-state index in [9.17, 15) is 9.59 Å². The van der Waals surface area contributed by atoms with E-state index in [2.05, 4.69) is 4.90 Å². The molecule has 0 aromatic rings. The molecule has 3 aliphatic carbocycles. The van der Waals surface area contributed by atoms with Gasteiger partial charge in [0.05, 0.1) is 0 Å². The molecule has 5 rings (SSSR count). The molecule has 2 heterocycles. The highest BCUT2D eigenvalue weighted by atomic mass is 35.5. The fraction of sp³-hybridized carbons (Fsp3) is 0.846. The van der Waals surface area contributed by atoms with E-state index in [1.807, 2.05) is 4.90 Å². The highest BCUT2D eigenvalue weighted by Gasteiger charge is 2.45. The summed E-state index contributed by atoms with van der Waals surface area (Å²) >= 11 is 6.72. The zero-order chi connectivity index (χ0) is 21.4. The quantitative estimate of drug-likeness (QED) is 0.414. The number of amides is 2. The minimum atomic E-state index is -0.529. The summed E-state index contributed by atoms with van der Waals surface area (Å²) in [7, 11) is 0. The molecular weight excluding hydrogens is 408 g/mol. The Labute approximate surface area is 192 Å². The molecular formula is C26H39ClN2O2. The SMILES string of the molecule is O=C(C(CC1CCCCC1Cl)C(=O)N1CCC2CCCCC21)N1CCC2=C1CCCC2. The number of hydrogen-bond donors (Lipinski definition) is 0. The van der Waals surface area contributed by atoms with Crippen molar-refractivity contribution in [3.8, 4) is 0 Å². The van der Waals surface area contributed by atoms with Gasteiger partial charge < -0.3 is 9.80 Å². The monoisotopic (exact) mass is 446 g/mol. The summed E-state index contributed by atoms with van der Waals surface area (Å²) in [4.78, 5) is 32.1. The molecule has 2 saturated carbocycles. The number of rotatable bonds is 4. The third-order valence-electron chi connectivity index (χ3n) is 9.02. The van der Waals surface area contributed by atoms with Crippen LogP contribution in [0.25, 0.3) is 0 Å². The number of likely N-dealkylation sites (tertiary alicyclic amines) is 1. The minimum Gasteiger partial charge on any atom is -0.339 e. The second-order valence-corrected chi connectivity index (χ2v) is 11.3. The number of halogens is 1. The summed E-state index contributed by atoms with van der Waals surface area (Å²) in [6.45, 7) is 1.63. The van der Waals surface area contributed by atoms with E-state index in [0.29, 0.717) is 24.3 Å². The average Bonchev–Trinajstić information content (AvgIpc) is 3.42. The Balaban J connectivity index is 1.38. The lowest BCUT2D eigenvalue weighted by Gasteiger charge is -2.37. The fourth-order valence-corrected chi connectivity index (χ4v) is 7.66. The molecule has 5 atom stereocenters. The maximum absolute atomic E-state index is 14.0. The first-order chi connectivity index (χ1) is 15.1. The van der Waals surface area contributed by atoms with Crippen LogP contribution in [0.5, 0.6) is 0 Å². The Morgan fingerprint density at radius 1 is 0.839 bits per heavy atom. The molecule has 3 fully saturated rings. The average molecular weight is 447 g/mol. The molecule has 0 spiro atoms. The smallest absolute Gasteiger partial charge is 0.239 e. The van der Waals surface area contributed by atoms with Gasteiger partial charge in [-0.25, -0.2) is 0 Å². The van der Waals surface area contributed by atoms with E-state index in [4.69, 9.17) is 11.6 Å². The van der Waals surface area contributed by atoms with Gasteiger partial charge in [-0.15, -0.1) is 11.6 Å². The van der Waals surface area contributed by atoms with Gasteiger partial charge in [0.2, 0.25) is 11.8 Å². The number of carbonyl (C=O) groups excluding carboxylic acids is 2. The van der Waals surface area contributed by atoms with Crippen LogP contribution in [-0.2, 0) is 9.59 Å². The van der Waals surface area contributed by atoms with Crippen LogP contribution < -0.4 is 0 Å². The zero-order valence-corrected chi connectivity index (χ0v) is 19.8. The van der Waals surface area contributed by atoms with E-state index < -0.39 is 5.92 Å². The van der Waals surface area contributed by atoms with Crippen LogP contribution >= 0.6 is 11.6 Å². The highest BCUT2D eigenvalue weighted by molar-refractivity contribution is 6.20. The van der Waals surface area contributed by atoms with Crippen molar-refractivity contribution in [3.63, 3.8) is 0 Å². The predicted octanol–water partition coefficient (Wildman–Crippen LogP) is 5.64. The highest BCUT2D eigenvalue weighted by Crippen LogP contribution is 2.41. The summed E-state index contributed by atoms with van der Waals surface area (Å²) < 4.78 is 0. The first kappa shape index (κ1) is 21.8. The first-order valence-corrected chi connectivity index (χ1v) is 13.5. The Morgan fingerprint density at radius 3 is 2.48 bits per heavy atom. The zero-order valence-electron chi connectivity index (χ0n) is 19.0. The first-order valence-electron chi connectivity index (χ1n) is 13.1. The Morgan fingerprint density at radius 2 is 1.61 bits per heavy atom. The standard InChI is InChI=1S/C26H39ClN2O2/c27-22-10-4-1-9-20(22)17-21(25(30)28-15-13-18-7-2-5-11-23(18)28)26(31)29-16-14-19-8-3-6-12-24(19)29/h18,20-23H,1-17H2. The van der Waals surface area contributed by atoms with Gasteiger partial charge in [-0.3, -0.25) is 9.59 Å². The number of fused-ring (bicyclic) bond motifs is 1. The van der Waals surface area contributed by atoms with Crippen LogP contribution in [0, 0.1) is 17.8 Å². The Bertz CT molecular complexity index is 735. The lowest BCUT2D eigenvalue weighted by atomic mass is 9.81. The van der Waals surface area contributed by atoms with Crippen molar-refractivity contribution in [3.05, 3.63) is 11.3 Å². The normalized spacial score (nSPS) is 34.5. The fourth-order valence-electron chi connectivity index (χ4n) is 7.28. The molecule has 2 aliphatic heterocycles. The molecule has 5 aliphatic rings. The van der Waals surface area contributed by atoms with E-state index in [-0.39, 0.29) is 17.2 Å². The Kier molecular flexibility index (Phi) is 6.65. The van der Waals surface area contributed by atoms with Crippen molar-refractivity contribution in [2.75, 3.05) is 13.1 Å². The van der Waals surface area contributed by atoms with E-state index in [1.165, 1.54) is 56.2 Å². The predicted molar refractivity (Wildman–Crippen MR) is 124 cm³/mol. The molecule has 0 aromatic carbocycles. The number of hydrogen-bond acceptors (Lipinski definition) is 2. The van der Waals surface area contributed by atoms with Gasteiger partial charge in [-0.2, -0.15) is 0 Å². The summed E-state index contributed by atoms with van der Waals surface area (Å²) in [5, 5.41) is 0.112. The van der Waals surface area contributed by atoms with Gasteiger partial charge in [0.15, 0.2) is 0 Å². The minimum absolute atomic E-state index is 0.0885. The molecule has 2 amide bonds. The second kappa shape index (κ2) is 9.45.